The van der Waals surface area contributed by atoms with Crippen molar-refractivity contribution < 1.29 is 53.0 Å². The zero-order valence-corrected chi connectivity index (χ0v) is 41.7. The van der Waals surface area contributed by atoms with E-state index in [0.29, 0.717) is 53.9 Å². The zero-order valence-electron chi connectivity index (χ0n) is 41.7. The maximum absolute atomic E-state index is 15.2. The Hall–Kier alpha value is -6.38. The average molecular weight is 981 g/mol. The van der Waals surface area contributed by atoms with E-state index >= 15 is 4.79 Å². The Bertz CT molecular complexity index is 2720. The smallest absolute Gasteiger partial charge is 0.410 e. The normalized spacial score (nSPS) is 22.3. The van der Waals surface area contributed by atoms with Crippen molar-refractivity contribution in [1.29, 1.82) is 0 Å². The minimum atomic E-state index is -1.52. The SMILES string of the molecule is C=CCO[C@@]12Oc3ccc(Oc4ccc5ccccc5c4)cc3[C@H]3[C@H](CCCCO)[C@@H](CCCCO)C=C(C(=NOC(C)(C)C)C[C@@H]1N(Cc1ccc4c(c1)OCO4)C(=O)OCCOCc1ccccc1)[C@H]32. The van der Waals surface area contributed by atoms with Crippen LogP contribution in [0.5, 0.6) is 28.7 Å². The molecule has 13 heteroatoms. The number of ether oxygens (including phenoxy) is 7. The lowest BCUT2D eigenvalue weighted by Gasteiger charge is -2.60. The van der Waals surface area contributed by atoms with Crippen molar-refractivity contribution in [1.82, 2.24) is 4.90 Å². The van der Waals surface area contributed by atoms with Crippen molar-refractivity contribution in [3.8, 4) is 28.7 Å². The first kappa shape index (κ1) is 50.6. The van der Waals surface area contributed by atoms with Gasteiger partial charge in [-0.15, -0.1) is 6.58 Å². The minimum absolute atomic E-state index is 0.00600. The third-order valence-corrected chi connectivity index (χ3v) is 14.0. The summed E-state index contributed by atoms with van der Waals surface area (Å²) in [6, 6.07) is 34.9. The molecule has 0 aromatic heterocycles. The fourth-order valence-electron chi connectivity index (χ4n) is 10.8. The first-order valence-corrected chi connectivity index (χ1v) is 25.4. The summed E-state index contributed by atoms with van der Waals surface area (Å²) < 4.78 is 45.1. The summed E-state index contributed by atoms with van der Waals surface area (Å²) in [5, 5.41) is 27.4. The maximum atomic E-state index is 15.2. The Morgan fingerprint density at radius 2 is 1.56 bits per heavy atom. The van der Waals surface area contributed by atoms with E-state index in [0.717, 1.165) is 58.7 Å². The van der Waals surface area contributed by atoms with Gasteiger partial charge in [-0.2, -0.15) is 0 Å². The molecule has 2 N–H and O–H groups in total. The van der Waals surface area contributed by atoms with Crippen LogP contribution in [-0.4, -0.2) is 84.2 Å². The number of unbranched alkanes of at least 4 members (excludes halogenated alkanes) is 2. The third kappa shape index (κ3) is 11.4. The fraction of sp³-hybridized carbons (Fsp3) is 0.424. The molecule has 0 spiro atoms. The van der Waals surface area contributed by atoms with Crippen LogP contribution in [0.15, 0.2) is 139 Å². The molecule has 2 aliphatic carbocycles. The summed E-state index contributed by atoms with van der Waals surface area (Å²) in [5.74, 6) is 0.874. The summed E-state index contributed by atoms with van der Waals surface area (Å²) in [6.07, 6.45) is 8.12. The third-order valence-electron chi connectivity index (χ3n) is 14.0. The number of oxime groups is 1. The number of hydrogen-bond donors (Lipinski definition) is 2. The van der Waals surface area contributed by atoms with Gasteiger partial charge in [-0.1, -0.05) is 96.9 Å². The highest BCUT2D eigenvalue weighted by atomic mass is 16.7. The molecular formula is C59H68N2O11. The first-order valence-electron chi connectivity index (χ1n) is 25.4. The lowest BCUT2D eigenvalue weighted by molar-refractivity contribution is -0.256. The topological polar surface area (TPSA) is 147 Å². The van der Waals surface area contributed by atoms with Crippen LogP contribution in [0.25, 0.3) is 10.8 Å². The maximum Gasteiger partial charge on any atom is 0.410 e. The second kappa shape index (κ2) is 23.0. The summed E-state index contributed by atoms with van der Waals surface area (Å²) in [7, 11) is 0. The Morgan fingerprint density at radius 1 is 0.819 bits per heavy atom. The lowest BCUT2D eigenvalue weighted by atomic mass is 9.55. The van der Waals surface area contributed by atoms with Gasteiger partial charge in [-0.05, 0) is 128 Å². The Morgan fingerprint density at radius 3 is 2.35 bits per heavy atom. The number of carbonyl (C=O) groups is 1. The number of fused-ring (bicyclic) bond motifs is 4. The molecule has 1 fully saturated rings. The van der Waals surface area contributed by atoms with Gasteiger partial charge in [0.2, 0.25) is 12.6 Å². The van der Waals surface area contributed by atoms with E-state index in [4.69, 9.17) is 43.2 Å². The zero-order chi connectivity index (χ0) is 50.1. The molecule has 0 bridgehead atoms. The van der Waals surface area contributed by atoms with Crippen molar-refractivity contribution in [2.45, 2.75) is 102 Å². The molecule has 0 radical (unpaired) electrons. The lowest BCUT2D eigenvalue weighted by Crippen LogP contribution is -2.70. The van der Waals surface area contributed by atoms with Gasteiger partial charge in [0.05, 0.1) is 31.5 Å². The van der Waals surface area contributed by atoms with E-state index in [9.17, 15) is 10.2 Å². The summed E-state index contributed by atoms with van der Waals surface area (Å²) >= 11 is 0. The number of carbonyl (C=O) groups excluding carboxylic acids is 1. The molecule has 5 aromatic carbocycles. The molecule has 0 saturated heterocycles. The van der Waals surface area contributed by atoms with Crippen LogP contribution in [0.1, 0.15) is 88.3 Å². The highest BCUT2D eigenvalue weighted by molar-refractivity contribution is 6.03. The van der Waals surface area contributed by atoms with E-state index in [1.165, 1.54) is 0 Å². The number of benzene rings is 5. The van der Waals surface area contributed by atoms with Crippen LogP contribution in [0.3, 0.4) is 0 Å². The fourth-order valence-corrected chi connectivity index (χ4v) is 10.8. The molecule has 2 aliphatic heterocycles. The van der Waals surface area contributed by atoms with Gasteiger partial charge < -0.3 is 48.2 Å². The van der Waals surface area contributed by atoms with E-state index in [2.05, 4.69) is 36.9 Å². The summed E-state index contributed by atoms with van der Waals surface area (Å²) in [5.41, 5.74) is 3.69. The number of aliphatic hydroxyl groups excluding tert-OH is 2. The standard InChI is InChI=1S/C59H68N2O11/c1-5-29-69-59-54(61(37-41-21-25-52-53(32-41)68-39-67-52)57(64)66-31-30-65-38-40-15-7-6-8-16-40)36-50(60-72-58(2,3)4)48-34-44(19-11-13-27-62)47(20-12-14-28-63)55(56(48)59)49-35-46(24-26-51(49)71-59)70-45-23-22-42-17-9-10-18-43(42)33-45/h5-10,15-18,21-26,32-35,44,47,54-56,62-63H,1,11-14,19-20,27-31,36-39H2,2-4H3/t44-,47+,54-,55+,56+,59+/m0/s1. The monoisotopic (exact) mass is 980 g/mol. The molecule has 9 rings (SSSR count). The molecule has 1 saturated carbocycles. The van der Waals surface area contributed by atoms with E-state index in [-0.39, 0.29) is 70.5 Å². The first-order chi connectivity index (χ1) is 35.1. The number of allylic oxidation sites excluding steroid dienone is 1. The van der Waals surface area contributed by atoms with E-state index in [1.54, 1.807) is 11.0 Å². The molecule has 5 aromatic rings. The van der Waals surface area contributed by atoms with Crippen LogP contribution in [0, 0.1) is 17.8 Å². The van der Waals surface area contributed by atoms with Gasteiger partial charge in [0.1, 0.15) is 35.5 Å². The highest BCUT2D eigenvalue weighted by Gasteiger charge is 2.66. The van der Waals surface area contributed by atoms with E-state index in [1.807, 2.05) is 106 Å². The molecule has 4 aliphatic rings. The minimum Gasteiger partial charge on any atom is -0.459 e. The average Bonchev–Trinajstić information content (AvgIpc) is 3.86. The summed E-state index contributed by atoms with van der Waals surface area (Å²) in [6.45, 7) is 11.0. The Kier molecular flexibility index (Phi) is 16.2. The molecule has 6 atom stereocenters. The number of amides is 1. The van der Waals surface area contributed by atoms with Crippen molar-refractivity contribution in [2.75, 3.05) is 39.8 Å². The predicted molar refractivity (Wildman–Crippen MR) is 275 cm³/mol. The molecule has 72 heavy (non-hydrogen) atoms. The van der Waals surface area contributed by atoms with Crippen molar-refractivity contribution >= 4 is 22.6 Å². The number of nitrogens with zero attached hydrogens (tertiary/aromatic N) is 2. The number of rotatable bonds is 22. The molecule has 0 unspecified atom stereocenters. The van der Waals surface area contributed by atoms with Crippen molar-refractivity contribution in [3.63, 3.8) is 0 Å². The predicted octanol–water partition coefficient (Wildman–Crippen LogP) is 11.6. The highest BCUT2D eigenvalue weighted by Crippen LogP contribution is 2.62. The molecule has 380 valence electrons. The van der Waals surface area contributed by atoms with Crippen LogP contribution in [0.2, 0.25) is 0 Å². The van der Waals surface area contributed by atoms with Gasteiger partial charge in [-0.25, -0.2) is 4.79 Å². The Labute approximate surface area is 422 Å². The van der Waals surface area contributed by atoms with Gasteiger partial charge in [0, 0.05) is 37.7 Å². The number of aliphatic hydroxyl groups is 2. The molecule has 2 heterocycles. The van der Waals surface area contributed by atoms with Crippen LogP contribution in [-0.2, 0) is 32.2 Å². The summed E-state index contributed by atoms with van der Waals surface area (Å²) in [4.78, 5) is 23.2. The van der Waals surface area contributed by atoms with Crippen molar-refractivity contribution in [2.24, 2.45) is 22.9 Å². The van der Waals surface area contributed by atoms with Crippen LogP contribution in [0.4, 0.5) is 4.79 Å². The van der Waals surface area contributed by atoms with Crippen LogP contribution >= 0.6 is 0 Å². The second-order valence-electron chi connectivity index (χ2n) is 20.1. The molecule has 1 amide bonds. The second-order valence-corrected chi connectivity index (χ2v) is 20.1. The van der Waals surface area contributed by atoms with Crippen LogP contribution < -0.4 is 18.9 Å². The van der Waals surface area contributed by atoms with Gasteiger partial charge in [-0.3, -0.25) is 4.90 Å². The van der Waals surface area contributed by atoms with Crippen molar-refractivity contribution in [3.05, 3.63) is 150 Å². The number of hydrogen-bond acceptors (Lipinski definition) is 12. The molecular weight excluding hydrogens is 913 g/mol. The van der Waals surface area contributed by atoms with Gasteiger partial charge >= 0.3 is 6.09 Å². The van der Waals surface area contributed by atoms with Gasteiger partial charge in [0.25, 0.3) is 0 Å². The quantitative estimate of drug-likeness (QED) is 0.0388. The van der Waals surface area contributed by atoms with Gasteiger partial charge in [0.15, 0.2) is 11.5 Å². The largest absolute Gasteiger partial charge is 0.459 e. The van der Waals surface area contributed by atoms with E-state index < -0.39 is 29.4 Å². The molecule has 13 nitrogen and oxygen atoms in total. The Balaban J connectivity index is 1.19.